The van der Waals surface area contributed by atoms with Crippen molar-refractivity contribution in [2.75, 3.05) is 0 Å². The van der Waals surface area contributed by atoms with Gasteiger partial charge in [0.2, 0.25) is 5.88 Å². The zero-order valence-electron chi connectivity index (χ0n) is 17.2. The number of phenolic OH excluding ortho intramolecular Hbond substituents is 2. The first kappa shape index (κ1) is 20.9. The summed E-state index contributed by atoms with van der Waals surface area (Å²) in [6.07, 6.45) is 1.44. The van der Waals surface area contributed by atoms with Gasteiger partial charge in [0.15, 0.2) is 17.3 Å². The molecule has 4 rings (SSSR count). The fourth-order valence-electron chi connectivity index (χ4n) is 3.58. The van der Waals surface area contributed by atoms with E-state index < -0.39 is 5.56 Å². The predicted molar refractivity (Wildman–Crippen MR) is 123 cm³/mol. The Morgan fingerprint density at radius 1 is 0.969 bits per heavy atom. The molecule has 160 valence electrons. The number of Topliss-reactive ketones (excluding diaryl/α,β-unsaturated/α-hetero) is 1. The van der Waals surface area contributed by atoms with E-state index >= 15 is 0 Å². The molecular formula is C25H20N2O5. The summed E-state index contributed by atoms with van der Waals surface area (Å²) in [5.74, 6) is -0.866. The second-order valence-electron chi connectivity index (χ2n) is 7.37. The number of carbonyl (C=O) groups excluding carboxylic acids is 1. The lowest BCUT2D eigenvalue weighted by Gasteiger charge is -2.10. The van der Waals surface area contributed by atoms with Crippen molar-refractivity contribution in [3.05, 3.63) is 87.7 Å². The van der Waals surface area contributed by atoms with E-state index in [2.05, 4.69) is 9.98 Å². The highest BCUT2D eigenvalue weighted by atomic mass is 16.3. The van der Waals surface area contributed by atoms with Gasteiger partial charge in [-0.1, -0.05) is 36.4 Å². The lowest BCUT2D eigenvalue weighted by atomic mass is 9.95. The summed E-state index contributed by atoms with van der Waals surface area (Å²) in [5.41, 5.74) is 2.55. The van der Waals surface area contributed by atoms with Crippen molar-refractivity contribution in [1.82, 2.24) is 4.98 Å². The number of H-pyrrole nitrogens is 1. The molecule has 7 nitrogen and oxygen atoms in total. The minimum atomic E-state index is -0.440. The Morgan fingerprint density at radius 2 is 1.75 bits per heavy atom. The van der Waals surface area contributed by atoms with Gasteiger partial charge in [-0.25, -0.2) is 0 Å². The van der Waals surface area contributed by atoms with Gasteiger partial charge in [0.05, 0.1) is 12.1 Å². The van der Waals surface area contributed by atoms with Gasteiger partial charge in [-0.3, -0.25) is 19.6 Å². The first-order valence-corrected chi connectivity index (χ1v) is 9.85. The third kappa shape index (κ3) is 3.96. The van der Waals surface area contributed by atoms with Crippen molar-refractivity contribution < 1.29 is 20.1 Å². The molecule has 0 aliphatic carbocycles. The maximum atomic E-state index is 12.4. The minimum Gasteiger partial charge on any atom is -0.504 e. The van der Waals surface area contributed by atoms with Gasteiger partial charge >= 0.3 is 0 Å². The van der Waals surface area contributed by atoms with E-state index in [1.165, 1.54) is 25.3 Å². The van der Waals surface area contributed by atoms with E-state index in [1.54, 1.807) is 36.4 Å². The van der Waals surface area contributed by atoms with Crippen LogP contribution in [0.2, 0.25) is 0 Å². The van der Waals surface area contributed by atoms with Crippen LogP contribution >= 0.6 is 0 Å². The minimum absolute atomic E-state index is 0.0756. The summed E-state index contributed by atoms with van der Waals surface area (Å²) in [4.78, 5) is 31.2. The highest BCUT2D eigenvalue weighted by Crippen LogP contribution is 2.30. The second-order valence-corrected chi connectivity index (χ2v) is 7.37. The van der Waals surface area contributed by atoms with Crippen LogP contribution in [0, 0.1) is 0 Å². The summed E-state index contributed by atoms with van der Waals surface area (Å²) < 4.78 is 0. The van der Waals surface area contributed by atoms with E-state index in [4.69, 9.17) is 0 Å². The zero-order chi connectivity index (χ0) is 22.8. The highest BCUT2D eigenvalue weighted by Gasteiger charge is 2.13. The Bertz CT molecular complexity index is 1440. The van der Waals surface area contributed by atoms with E-state index in [0.29, 0.717) is 27.5 Å². The summed E-state index contributed by atoms with van der Waals surface area (Å²) >= 11 is 0. The normalized spacial score (nSPS) is 11.3. The Hall–Kier alpha value is -4.39. The number of rotatable bonds is 5. The standard InChI is InChI=1S/C25H20N2O5/c1-14(28)17-4-2-3-5-18(17)16-7-8-19-20(11-16)21(25(32)27-24(19)31)13-26-12-15-6-9-22(29)23(30)10-15/h2-11,13,29-30H,12H2,1H3,(H2,27,31,32). The van der Waals surface area contributed by atoms with Gasteiger partial charge in [-0.15, -0.1) is 0 Å². The molecule has 1 aromatic heterocycles. The number of phenols is 2. The van der Waals surface area contributed by atoms with Crippen LogP contribution in [0.25, 0.3) is 21.9 Å². The van der Waals surface area contributed by atoms with Crippen LogP contribution < -0.4 is 5.56 Å². The molecule has 0 fully saturated rings. The first-order chi connectivity index (χ1) is 15.3. The molecule has 4 N–H and O–H groups in total. The molecule has 0 atom stereocenters. The van der Waals surface area contributed by atoms with Gasteiger partial charge in [0.25, 0.3) is 5.56 Å². The number of nitrogens with zero attached hydrogens (tertiary/aromatic N) is 1. The number of nitrogens with one attached hydrogen (secondary N) is 1. The van der Waals surface area contributed by atoms with Gasteiger partial charge < -0.3 is 15.3 Å². The number of hydrogen-bond donors (Lipinski definition) is 4. The average molecular weight is 428 g/mol. The average Bonchev–Trinajstić information content (AvgIpc) is 2.78. The molecule has 0 spiro atoms. The summed E-state index contributed by atoms with van der Waals surface area (Å²) in [6.45, 7) is 1.68. The molecule has 0 amide bonds. The van der Waals surface area contributed by atoms with Crippen LogP contribution in [0.5, 0.6) is 17.4 Å². The smallest absolute Gasteiger partial charge is 0.258 e. The van der Waals surface area contributed by atoms with Crippen molar-refractivity contribution >= 4 is 22.8 Å². The molecule has 7 heteroatoms. The third-order valence-electron chi connectivity index (χ3n) is 5.19. The largest absolute Gasteiger partial charge is 0.504 e. The first-order valence-electron chi connectivity index (χ1n) is 9.85. The van der Waals surface area contributed by atoms with Gasteiger partial charge in [0, 0.05) is 22.6 Å². The number of pyridine rings is 1. The number of carbonyl (C=O) groups is 1. The topological polar surface area (TPSA) is 123 Å². The number of fused-ring (bicyclic) bond motifs is 1. The van der Waals surface area contributed by atoms with E-state index in [1.807, 2.05) is 12.1 Å². The fourth-order valence-corrected chi connectivity index (χ4v) is 3.58. The Balaban J connectivity index is 1.80. The number of aliphatic imine (C=N–C) groups is 1. The molecule has 0 bridgehead atoms. The monoisotopic (exact) mass is 428 g/mol. The van der Waals surface area contributed by atoms with Gasteiger partial charge in [-0.05, 0) is 47.9 Å². The summed E-state index contributed by atoms with van der Waals surface area (Å²) in [6, 6.07) is 16.7. The van der Waals surface area contributed by atoms with E-state index in [9.17, 15) is 24.9 Å². The molecule has 0 unspecified atom stereocenters. The highest BCUT2D eigenvalue weighted by molar-refractivity contribution is 6.05. The maximum absolute atomic E-state index is 12.4. The Morgan fingerprint density at radius 3 is 2.50 bits per heavy atom. The molecule has 0 aliphatic heterocycles. The number of ketones is 1. The molecule has 3 aromatic carbocycles. The van der Waals surface area contributed by atoms with Crippen molar-refractivity contribution in [3.8, 4) is 28.5 Å². The van der Waals surface area contributed by atoms with Gasteiger partial charge in [0.1, 0.15) is 0 Å². The quantitative estimate of drug-likeness (QED) is 0.216. The molecule has 0 saturated carbocycles. The Kier molecular flexibility index (Phi) is 5.47. The van der Waals surface area contributed by atoms with Crippen LogP contribution in [0.15, 0.2) is 70.5 Å². The lowest BCUT2D eigenvalue weighted by molar-refractivity contribution is 0.101. The number of aromatic hydroxyl groups is 3. The van der Waals surface area contributed by atoms with Crippen LogP contribution in [0.1, 0.15) is 28.4 Å². The predicted octanol–water partition coefficient (Wildman–Crippen LogP) is 4.13. The molecule has 0 radical (unpaired) electrons. The summed E-state index contributed by atoms with van der Waals surface area (Å²) in [7, 11) is 0. The van der Waals surface area contributed by atoms with Crippen molar-refractivity contribution in [3.63, 3.8) is 0 Å². The molecule has 32 heavy (non-hydrogen) atoms. The number of aromatic nitrogens is 1. The third-order valence-corrected chi connectivity index (χ3v) is 5.19. The molecular weight excluding hydrogens is 408 g/mol. The van der Waals surface area contributed by atoms with Crippen LogP contribution in [0.4, 0.5) is 0 Å². The SMILES string of the molecule is CC(=O)c1ccccc1-c1ccc2c(=O)[nH]c(O)c(C=NCc3ccc(O)c(O)c3)c2c1. The van der Waals surface area contributed by atoms with Crippen molar-refractivity contribution in [2.24, 2.45) is 4.99 Å². The zero-order valence-corrected chi connectivity index (χ0v) is 17.2. The maximum Gasteiger partial charge on any atom is 0.258 e. The Labute approximate surface area is 183 Å². The molecule has 0 aliphatic rings. The summed E-state index contributed by atoms with van der Waals surface area (Å²) in [5, 5.41) is 30.3. The number of hydrogen-bond acceptors (Lipinski definition) is 6. The number of aromatic amines is 1. The van der Waals surface area contributed by atoms with Gasteiger partial charge in [-0.2, -0.15) is 0 Å². The molecule has 1 heterocycles. The molecule has 0 saturated heterocycles. The van der Waals surface area contributed by atoms with Crippen molar-refractivity contribution in [2.45, 2.75) is 13.5 Å². The number of benzene rings is 3. The van der Waals surface area contributed by atoms with E-state index in [-0.39, 0.29) is 29.7 Å². The van der Waals surface area contributed by atoms with Crippen LogP contribution in [-0.2, 0) is 6.54 Å². The lowest BCUT2D eigenvalue weighted by Crippen LogP contribution is -2.08. The fraction of sp³-hybridized carbons (Fsp3) is 0.0800. The van der Waals surface area contributed by atoms with E-state index in [0.717, 1.165) is 11.1 Å². The van der Waals surface area contributed by atoms with Crippen molar-refractivity contribution in [1.29, 1.82) is 0 Å². The van der Waals surface area contributed by atoms with Crippen LogP contribution in [0.3, 0.4) is 0 Å². The second kappa shape index (κ2) is 8.39. The van der Waals surface area contributed by atoms with Crippen LogP contribution in [-0.4, -0.2) is 32.3 Å². The molecule has 4 aromatic rings.